The Balaban J connectivity index is 1.78. The van der Waals surface area contributed by atoms with Crippen LogP contribution >= 0.6 is 0 Å². The summed E-state index contributed by atoms with van der Waals surface area (Å²) in [6.45, 7) is 2.77. The van der Waals surface area contributed by atoms with Crippen LogP contribution < -0.4 is 10.6 Å². The summed E-state index contributed by atoms with van der Waals surface area (Å²) in [6.07, 6.45) is 6.08. The van der Waals surface area contributed by atoms with E-state index in [2.05, 4.69) is 15.6 Å². The molecule has 1 aliphatic heterocycles. The van der Waals surface area contributed by atoms with Crippen LogP contribution in [0.4, 0.5) is 0 Å². The Morgan fingerprint density at radius 2 is 1.96 bits per heavy atom. The van der Waals surface area contributed by atoms with Gasteiger partial charge in [0.05, 0.1) is 5.75 Å². The molecule has 0 aromatic carbocycles. The Kier molecular flexibility index (Phi) is 8.18. The van der Waals surface area contributed by atoms with Crippen LogP contribution in [-0.2, 0) is 26.2 Å². The lowest BCUT2D eigenvalue weighted by atomic mass is 10.0. The second kappa shape index (κ2) is 10.4. The van der Waals surface area contributed by atoms with Crippen LogP contribution in [0.15, 0.2) is 24.5 Å². The van der Waals surface area contributed by atoms with E-state index in [1.54, 1.807) is 19.3 Å². The van der Waals surface area contributed by atoms with Gasteiger partial charge in [-0.05, 0) is 37.0 Å². The zero-order valence-electron chi connectivity index (χ0n) is 15.7. The van der Waals surface area contributed by atoms with Gasteiger partial charge in [0, 0.05) is 38.4 Å². The fourth-order valence-corrected chi connectivity index (χ4v) is 4.83. The number of nitrogens with zero attached hydrogens (tertiary/aromatic N) is 2. The zero-order chi connectivity index (χ0) is 19.7. The molecule has 2 amide bonds. The molecule has 1 saturated heterocycles. The fraction of sp³-hybridized carbons (Fsp3) is 0.611. The van der Waals surface area contributed by atoms with E-state index in [1.807, 2.05) is 12.1 Å². The third-order valence-electron chi connectivity index (χ3n) is 4.47. The Labute approximate surface area is 160 Å². The minimum Gasteiger partial charge on any atom is -0.354 e. The van der Waals surface area contributed by atoms with Crippen LogP contribution in [-0.4, -0.2) is 54.4 Å². The Hall–Kier alpha value is -2.00. The molecular formula is C18H28N4O4S. The number of rotatable bonds is 9. The Morgan fingerprint density at radius 3 is 2.67 bits per heavy atom. The normalized spacial score (nSPS) is 18.0. The number of carbonyl (C=O) groups excluding carboxylic acids is 2. The molecule has 150 valence electrons. The fourth-order valence-electron chi connectivity index (χ4n) is 3.08. The van der Waals surface area contributed by atoms with Crippen molar-refractivity contribution in [3.63, 3.8) is 0 Å². The average molecular weight is 397 g/mol. The number of aromatic nitrogens is 1. The predicted octanol–water partition coefficient (Wildman–Crippen LogP) is 0.798. The van der Waals surface area contributed by atoms with E-state index in [-0.39, 0.29) is 30.5 Å². The molecule has 1 atom stereocenters. The van der Waals surface area contributed by atoms with E-state index < -0.39 is 16.1 Å². The third kappa shape index (κ3) is 6.59. The van der Waals surface area contributed by atoms with Crippen LogP contribution in [0.5, 0.6) is 0 Å². The van der Waals surface area contributed by atoms with Gasteiger partial charge < -0.3 is 10.6 Å². The lowest BCUT2D eigenvalue weighted by molar-refractivity contribution is -0.126. The summed E-state index contributed by atoms with van der Waals surface area (Å²) in [5.74, 6) is -0.448. The van der Waals surface area contributed by atoms with Gasteiger partial charge in [0.1, 0.15) is 6.04 Å². The highest BCUT2D eigenvalue weighted by Crippen LogP contribution is 2.21. The average Bonchev–Trinajstić information content (AvgIpc) is 2.67. The summed E-state index contributed by atoms with van der Waals surface area (Å²) in [6, 6.07) is 2.96. The number of hydrogen-bond acceptors (Lipinski definition) is 5. The molecule has 1 aromatic heterocycles. The van der Waals surface area contributed by atoms with Crippen molar-refractivity contribution in [2.45, 2.75) is 51.6 Å². The van der Waals surface area contributed by atoms with Crippen LogP contribution in [0.1, 0.15) is 44.6 Å². The van der Waals surface area contributed by atoms with Gasteiger partial charge in [0.15, 0.2) is 0 Å². The second-order valence-electron chi connectivity index (χ2n) is 6.61. The molecule has 1 unspecified atom stereocenters. The molecule has 0 aliphatic carbocycles. The topological polar surface area (TPSA) is 108 Å². The standard InChI is InChI=1S/C18H28N4O4S/c1-2-13-27(25,26)22-12-4-3-5-16(22)18(24)20-11-8-17(23)21-14-15-6-9-19-10-7-15/h6-7,9-10,16H,2-5,8,11-14H2,1H3,(H,20,24)(H,21,23). The lowest BCUT2D eigenvalue weighted by Gasteiger charge is -2.33. The first-order valence-electron chi connectivity index (χ1n) is 9.37. The number of carbonyl (C=O) groups is 2. The molecule has 2 N–H and O–H groups in total. The van der Waals surface area contributed by atoms with Crippen LogP contribution in [0.25, 0.3) is 0 Å². The number of sulfonamides is 1. The van der Waals surface area contributed by atoms with E-state index >= 15 is 0 Å². The van der Waals surface area contributed by atoms with Gasteiger partial charge in [-0.2, -0.15) is 4.31 Å². The predicted molar refractivity (Wildman–Crippen MR) is 102 cm³/mol. The highest BCUT2D eigenvalue weighted by molar-refractivity contribution is 7.89. The number of hydrogen-bond donors (Lipinski definition) is 2. The molecule has 2 rings (SSSR count). The quantitative estimate of drug-likeness (QED) is 0.642. The van der Waals surface area contributed by atoms with Crippen molar-refractivity contribution in [2.24, 2.45) is 0 Å². The Bertz CT molecular complexity index is 724. The summed E-state index contributed by atoms with van der Waals surface area (Å²) in [5, 5.41) is 5.49. The van der Waals surface area contributed by atoms with Gasteiger partial charge in [0.2, 0.25) is 21.8 Å². The largest absolute Gasteiger partial charge is 0.354 e. The number of amides is 2. The van der Waals surface area contributed by atoms with Gasteiger partial charge in [-0.3, -0.25) is 14.6 Å². The van der Waals surface area contributed by atoms with Crippen LogP contribution in [0.2, 0.25) is 0 Å². The molecule has 27 heavy (non-hydrogen) atoms. The third-order valence-corrected chi connectivity index (χ3v) is 6.54. The molecule has 1 aliphatic rings. The van der Waals surface area contributed by atoms with E-state index in [9.17, 15) is 18.0 Å². The van der Waals surface area contributed by atoms with Gasteiger partial charge in [-0.15, -0.1) is 0 Å². The monoisotopic (exact) mass is 396 g/mol. The maximum Gasteiger partial charge on any atom is 0.238 e. The Morgan fingerprint density at radius 1 is 1.22 bits per heavy atom. The van der Waals surface area contributed by atoms with Crippen molar-refractivity contribution < 1.29 is 18.0 Å². The maximum atomic E-state index is 12.5. The lowest BCUT2D eigenvalue weighted by Crippen LogP contribution is -2.52. The maximum absolute atomic E-state index is 12.5. The minimum atomic E-state index is -3.42. The minimum absolute atomic E-state index is 0.0498. The molecule has 8 nitrogen and oxygen atoms in total. The molecule has 1 fully saturated rings. The molecular weight excluding hydrogens is 368 g/mol. The van der Waals surface area contributed by atoms with E-state index in [1.165, 1.54) is 4.31 Å². The molecule has 9 heteroatoms. The zero-order valence-corrected chi connectivity index (χ0v) is 16.5. The van der Waals surface area contributed by atoms with Crippen molar-refractivity contribution in [3.05, 3.63) is 30.1 Å². The van der Waals surface area contributed by atoms with E-state index in [0.717, 1.165) is 18.4 Å². The van der Waals surface area contributed by atoms with Crippen LogP contribution in [0, 0.1) is 0 Å². The molecule has 0 bridgehead atoms. The molecule has 0 radical (unpaired) electrons. The van der Waals surface area contributed by atoms with Crippen molar-refractivity contribution in [2.75, 3.05) is 18.8 Å². The first-order chi connectivity index (χ1) is 12.9. The van der Waals surface area contributed by atoms with E-state index in [4.69, 9.17) is 0 Å². The van der Waals surface area contributed by atoms with Gasteiger partial charge >= 0.3 is 0 Å². The highest BCUT2D eigenvalue weighted by Gasteiger charge is 2.35. The van der Waals surface area contributed by atoms with Crippen molar-refractivity contribution >= 4 is 21.8 Å². The van der Waals surface area contributed by atoms with Gasteiger partial charge in [-0.1, -0.05) is 13.3 Å². The summed E-state index contributed by atoms with van der Waals surface area (Å²) in [5.41, 5.74) is 0.946. The smallest absolute Gasteiger partial charge is 0.238 e. The molecule has 2 heterocycles. The van der Waals surface area contributed by atoms with Crippen LogP contribution in [0.3, 0.4) is 0 Å². The second-order valence-corrected chi connectivity index (χ2v) is 8.65. The molecule has 0 spiro atoms. The van der Waals surface area contributed by atoms with Gasteiger partial charge in [0.25, 0.3) is 0 Å². The number of nitrogens with one attached hydrogen (secondary N) is 2. The SMILES string of the molecule is CCCS(=O)(=O)N1CCCCC1C(=O)NCCC(=O)NCc1ccncc1. The summed E-state index contributed by atoms with van der Waals surface area (Å²) < 4.78 is 26.1. The number of piperidine rings is 1. The summed E-state index contributed by atoms with van der Waals surface area (Å²) in [7, 11) is -3.42. The summed E-state index contributed by atoms with van der Waals surface area (Å²) >= 11 is 0. The first kappa shape index (κ1) is 21.3. The van der Waals surface area contributed by atoms with Crippen molar-refractivity contribution in [1.82, 2.24) is 19.9 Å². The highest BCUT2D eigenvalue weighted by atomic mass is 32.2. The van der Waals surface area contributed by atoms with Gasteiger partial charge in [-0.25, -0.2) is 8.42 Å². The van der Waals surface area contributed by atoms with Crippen molar-refractivity contribution in [1.29, 1.82) is 0 Å². The molecule has 1 aromatic rings. The van der Waals surface area contributed by atoms with Crippen molar-refractivity contribution in [3.8, 4) is 0 Å². The summed E-state index contributed by atoms with van der Waals surface area (Å²) in [4.78, 5) is 28.3. The van der Waals surface area contributed by atoms with E-state index in [0.29, 0.717) is 25.9 Å². The number of pyridine rings is 1. The molecule has 0 saturated carbocycles. The first-order valence-corrected chi connectivity index (χ1v) is 11.0.